The van der Waals surface area contributed by atoms with Crippen LogP contribution >= 0.6 is 0 Å². The third kappa shape index (κ3) is 4.49. The van der Waals surface area contributed by atoms with Gasteiger partial charge in [0.2, 0.25) is 0 Å². The third-order valence-electron chi connectivity index (χ3n) is 10.5. The number of hydrogen-bond donors (Lipinski definition) is 0. The van der Waals surface area contributed by atoms with Crippen molar-refractivity contribution in [1.29, 1.82) is 0 Å². The molecule has 0 N–H and O–H groups in total. The highest BCUT2D eigenvalue weighted by molar-refractivity contribution is 6.83. The fraction of sp³-hybridized carbons (Fsp3) is 1.00. The average molecular weight is 573 g/mol. The van der Waals surface area contributed by atoms with E-state index in [-0.39, 0.29) is 21.1 Å². The average Bonchev–Trinajstić information content (AvgIpc) is 2.79. The van der Waals surface area contributed by atoms with Crippen LogP contribution in [0.1, 0.15) is 64.7 Å². The predicted octanol–water partition coefficient (Wildman–Crippen LogP) is 6.36. The Balaban J connectivity index is 2.62. The zero-order valence-corrected chi connectivity index (χ0v) is 30.9. The summed E-state index contributed by atoms with van der Waals surface area (Å²) in [5.41, 5.74) is -0.224. The highest BCUT2D eigenvalue weighted by Gasteiger charge is 2.82. The fourth-order valence-corrected chi connectivity index (χ4v) is 20.2. The van der Waals surface area contributed by atoms with Crippen LogP contribution in [0.4, 0.5) is 0 Å². The molecule has 4 unspecified atom stereocenters. The SMILES string of the molecule is CC(CO[SiH3])C(C1([Si](C)(C)C)CCCCO1)(C1([Si](C)(C)C)CCCCO1)C1([Si](C)(C)C)CCCCO1. The summed E-state index contributed by atoms with van der Waals surface area (Å²) >= 11 is 0. The largest absolute Gasteiger partial charge is 0.428 e. The summed E-state index contributed by atoms with van der Waals surface area (Å²) in [5.74, 6) is 0.314. The van der Waals surface area contributed by atoms with E-state index in [0.29, 0.717) is 5.92 Å². The first-order valence-corrected chi connectivity index (χ1v) is 26.3. The lowest BCUT2D eigenvalue weighted by Gasteiger charge is -2.77. The van der Waals surface area contributed by atoms with Gasteiger partial charge in [-0.1, -0.05) is 65.8 Å². The minimum atomic E-state index is -1.94. The molecule has 212 valence electrons. The first-order chi connectivity index (χ1) is 16.6. The molecule has 0 aliphatic carbocycles. The summed E-state index contributed by atoms with van der Waals surface area (Å²) in [7, 11) is -5.04. The molecule has 0 aromatic carbocycles. The zero-order chi connectivity index (χ0) is 27.1. The van der Waals surface area contributed by atoms with Gasteiger partial charge in [0.05, 0.1) is 45.3 Å². The van der Waals surface area contributed by atoms with Crippen molar-refractivity contribution in [2.45, 2.75) is 139 Å². The van der Waals surface area contributed by atoms with E-state index in [1.807, 2.05) is 0 Å². The Morgan fingerprint density at radius 2 is 0.944 bits per heavy atom. The topological polar surface area (TPSA) is 36.9 Å². The van der Waals surface area contributed by atoms with Gasteiger partial charge in [-0.2, -0.15) is 0 Å². The summed E-state index contributed by atoms with van der Waals surface area (Å²) in [5, 5.41) is -0.604. The Kier molecular flexibility index (Phi) is 9.49. The van der Waals surface area contributed by atoms with Crippen LogP contribution in [-0.2, 0) is 18.6 Å². The van der Waals surface area contributed by atoms with Gasteiger partial charge in [-0.3, -0.25) is 0 Å². The molecule has 0 radical (unpaired) electrons. The van der Waals surface area contributed by atoms with Crippen LogP contribution in [-0.4, -0.2) is 76.8 Å². The molecule has 0 spiro atoms. The Labute approximate surface area is 229 Å². The summed E-state index contributed by atoms with van der Waals surface area (Å²) < 4.78 is 28.8. The maximum atomic E-state index is 7.51. The van der Waals surface area contributed by atoms with Gasteiger partial charge < -0.3 is 18.6 Å². The molecule has 3 heterocycles. The molecule has 0 aromatic heterocycles. The van der Waals surface area contributed by atoms with E-state index in [9.17, 15) is 0 Å². The van der Waals surface area contributed by atoms with Gasteiger partial charge >= 0.3 is 0 Å². The van der Waals surface area contributed by atoms with Crippen molar-refractivity contribution >= 4 is 34.7 Å². The van der Waals surface area contributed by atoms with Gasteiger partial charge in [0.15, 0.2) is 0 Å². The molecular formula is C28H60O4Si4. The molecule has 0 aromatic rings. The van der Waals surface area contributed by atoms with Crippen molar-refractivity contribution in [3.8, 4) is 0 Å². The standard InChI is InChI=1S/C28H60O4Si4/c1-24(23-32-33)28(25(34(2,3)4)17-11-14-20-29-25,26(35(5,6)7)18-12-15-21-30-26)27(36(8,9)10)19-13-16-22-31-27/h24H,11-23H2,1-10,33H3. The van der Waals surface area contributed by atoms with Gasteiger partial charge in [0.1, 0.15) is 10.5 Å². The van der Waals surface area contributed by atoms with E-state index < -0.39 is 24.2 Å². The zero-order valence-electron chi connectivity index (χ0n) is 25.9. The minimum Gasteiger partial charge on any atom is -0.428 e. The van der Waals surface area contributed by atoms with Crippen LogP contribution in [0.5, 0.6) is 0 Å². The smallest absolute Gasteiger partial charge is 0.145 e. The van der Waals surface area contributed by atoms with Crippen molar-refractivity contribution in [3.63, 3.8) is 0 Å². The van der Waals surface area contributed by atoms with Gasteiger partial charge in [0.25, 0.3) is 0 Å². The molecule has 36 heavy (non-hydrogen) atoms. The van der Waals surface area contributed by atoms with E-state index in [2.05, 4.69) is 65.8 Å². The van der Waals surface area contributed by atoms with Crippen molar-refractivity contribution < 1.29 is 18.6 Å². The molecule has 3 rings (SSSR count). The number of rotatable bonds is 9. The van der Waals surface area contributed by atoms with Gasteiger partial charge in [-0.25, -0.2) is 0 Å². The first-order valence-electron chi connectivity index (χ1n) is 15.0. The molecule has 3 aliphatic heterocycles. The molecule has 3 saturated heterocycles. The lowest BCUT2D eigenvalue weighted by Crippen LogP contribution is -2.89. The van der Waals surface area contributed by atoms with Crippen molar-refractivity contribution in [2.24, 2.45) is 11.3 Å². The molecule has 4 atom stereocenters. The molecule has 0 amide bonds. The summed E-state index contributed by atoms with van der Waals surface area (Å²) in [6.07, 6.45) is 10.7. The lowest BCUT2D eigenvalue weighted by molar-refractivity contribution is -0.293. The molecule has 3 fully saturated rings. The Morgan fingerprint density at radius 1 is 0.639 bits per heavy atom. The van der Waals surface area contributed by atoms with Crippen molar-refractivity contribution in [3.05, 3.63) is 0 Å². The normalized spacial score (nSPS) is 35.8. The van der Waals surface area contributed by atoms with Crippen LogP contribution in [0.2, 0.25) is 58.9 Å². The van der Waals surface area contributed by atoms with E-state index in [1.54, 1.807) is 0 Å². The maximum absolute atomic E-state index is 7.51. The third-order valence-corrected chi connectivity index (χ3v) is 20.5. The van der Waals surface area contributed by atoms with E-state index in [4.69, 9.17) is 18.6 Å². The van der Waals surface area contributed by atoms with E-state index >= 15 is 0 Å². The van der Waals surface area contributed by atoms with Crippen molar-refractivity contribution in [2.75, 3.05) is 26.4 Å². The Bertz CT molecular complexity index is 631. The molecule has 4 nitrogen and oxygen atoms in total. The Hall–Kier alpha value is 0.708. The quantitative estimate of drug-likeness (QED) is 0.301. The van der Waals surface area contributed by atoms with E-state index in [1.165, 1.54) is 38.5 Å². The van der Waals surface area contributed by atoms with Crippen molar-refractivity contribution in [1.82, 2.24) is 0 Å². The number of hydrogen-bond acceptors (Lipinski definition) is 4. The van der Waals surface area contributed by atoms with Crippen LogP contribution in [0.15, 0.2) is 0 Å². The molecule has 0 bridgehead atoms. The Morgan fingerprint density at radius 3 is 1.14 bits per heavy atom. The minimum absolute atomic E-state index is 0.201. The molecule has 3 aliphatic rings. The summed E-state index contributed by atoms with van der Waals surface area (Å²) in [4.78, 5) is 0. The molecule has 8 heteroatoms. The van der Waals surface area contributed by atoms with Crippen LogP contribution in [0, 0.1) is 11.3 Å². The summed E-state index contributed by atoms with van der Waals surface area (Å²) in [6.45, 7) is 29.4. The lowest BCUT2D eigenvalue weighted by atomic mass is 9.58. The summed E-state index contributed by atoms with van der Waals surface area (Å²) in [6, 6.07) is 0. The molecule has 0 saturated carbocycles. The van der Waals surface area contributed by atoms with Gasteiger partial charge in [-0.15, -0.1) is 0 Å². The van der Waals surface area contributed by atoms with Crippen LogP contribution < -0.4 is 0 Å². The fourth-order valence-electron chi connectivity index (χ4n) is 9.41. The molecular weight excluding hydrogens is 513 g/mol. The van der Waals surface area contributed by atoms with Crippen LogP contribution in [0.25, 0.3) is 0 Å². The van der Waals surface area contributed by atoms with Crippen LogP contribution in [0.3, 0.4) is 0 Å². The predicted molar refractivity (Wildman–Crippen MR) is 165 cm³/mol. The first kappa shape index (κ1) is 31.2. The highest BCUT2D eigenvalue weighted by atomic mass is 28.3. The monoisotopic (exact) mass is 572 g/mol. The van der Waals surface area contributed by atoms with Gasteiger partial charge in [0, 0.05) is 26.4 Å². The second-order valence-corrected chi connectivity index (χ2v) is 31.8. The second-order valence-electron chi connectivity index (χ2n) is 15.3. The number of ether oxygens (including phenoxy) is 3. The highest BCUT2D eigenvalue weighted by Crippen LogP contribution is 2.70. The van der Waals surface area contributed by atoms with Gasteiger partial charge in [-0.05, 0) is 63.7 Å². The maximum Gasteiger partial charge on any atom is 0.145 e. The second kappa shape index (κ2) is 10.9. The van der Waals surface area contributed by atoms with E-state index in [0.717, 1.165) is 56.2 Å².